The van der Waals surface area contributed by atoms with Crippen LogP contribution in [0.2, 0.25) is 10.0 Å². The van der Waals surface area contributed by atoms with E-state index in [4.69, 9.17) is 23.2 Å². The Labute approximate surface area is 135 Å². The molecule has 6 nitrogen and oxygen atoms in total. The normalized spacial score (nSPS) is 10.6. The van der Waals surface area contributed by atoms with Crippen molar-refractivity contribution in [1.82, 2.24) is 5.43 Å². The Morgan fingerprint density at radius 2 is 2.00 bits per heavy atom. The lowest BCUT2D eigenvalue weighted by Crippen LogP contribution is -2.18. The number of carbonyl (C=O) groups excluding carboxylic acids is 1. The molecule has 2 rings (SSSR count). The molecule has 0 atom stereocenters. The fourth-order valence-corrected chi connectivity index (χ4v) is 2.11. The van der Waals surface area contributed by atoms with Crippen molar-refractivity contribution in [2.75, 3.05) is 0 Å². The van der Waals surface area contributed by atoms with Gasteiger partial charge in [-0.2, -0.15) is 5.10 Å². The Kier molecular flexibility index (Phi) is 5.08. The number of amides is 1. The Balaban J connectivity index is 2.07. The minimum Gasteiger partial charge on any atom is -0.267 e. The molecule has 2 aromatic rings. The van der Waals surface area contributed by atoms with Crippen molar-refractivity contribution in [1.29, 1.82) is 0 Å². The van der Waals surface area contributed by atoms with E-state index < -0.39 is 10.8 Å². The van der Waals surface area contributed by atoms with E-state index in [-0.39, 0.29) is 16.3 Å². The number of nitrogens with one attached hydrogen (secondary N) is 1. The van der Waals surface area contributed by atoms with Crippen LogP contribution >= 0.6 is 23.2 Å². The number of non-ortho nitro benzene ring substituents is 1. The quantitative estimate of drug-likeness (QED) is 0.524. The number of halogens is 2. The van der Waals surface area contributed by atoms with Crippen LogP contribution in [0.5, 0.6) is 0 Å². The summed E-state index contributed by atoms with van der Waals surface area (Å²) in [4.78, 5) is 22.0. The first-order chi connectivity index (χ1) is 10.5. The fraction of sp³-hybridized carbons (Fsp3) is 0. The zero-order chi connectivity index (χ0) is 16.1. The van der Waals surface area contributed by atoms with Crippen LogP contribution in [0.15, 0.2) is 47.6 Å². The highest BCUT2D eigenvalue weighted by Crippen LogP contribution is 2.20. The van der Waals surface area contributed by atoms with Crippen LogP contribution in [0, 0.1) is 10.1 Å². The number of hydrogen-bond donors (Lipinski definition) is 1. The number of nitro benzene ring substituents is 1. The second kappa shape index (κ2) is 7.02. The molecule has 2 aromatic carbocycles. The summed E-state index contributed by atoms with van der Waals surface area (Å²) in [6.45, 7) is 0. The van der Waals surface area contributed by atoms with Crippen LogP contribution in [0.4, 0.5) is 5.69 Å². The van der Waals surface area contributed by atoms with Gasteiger partial charge in [-0.1, -0.05) is 35.3 Å². The number of nitro groups is 1. The van der Waals surface area contributed by atoms with Crippen molar-refractivity contribution >= 4 is 41.0 Å². The summed E-state index contributed by atoms with van der Waals surface area (Å²) in [5.41, 5.74) is 2.94. The molecule has 8 heteroatoms. The van der Waals surface area contributed by atoms with Crippen molar-refractivity contribution < 1.29 is 9.72 Å². The molecule has 0 aromatic heterocycles. The molecule has 0 unspecified atom stereocenters. The Hall–Kier alpha value is -2.44. The average Bonchev–Trinajstić information content (AvgIpc) is 2.47. The number of hydrogen-bond acceptors (Lipinski definition) is 4. The summed E-state index contributed by atoms with van der Waals surface area (Å²) in [5, 5.41) is 15.0. The van der Waals surface area contributed by atoms with Crippen LogP contribution in [0.25, 0.3) is 0 Å². The van der Waals surface area contributed by atoms with Gasteiger partial charge in [0, 0.05) is 22.7 Å². The molecule has 0 saturated heterocycles. The van der Waals surface area contributed by atoms with Crippen LogP contribution in [0.3, 0.4) is 0 Å². The van der Waals surface area contributed by atoms with Crippen LogP contribution < -0.4 is 5.43 Å². The zero-order valence-electron chi connectivity index (χ0n) is 11.0. The summed E-state index contributed by atoms with van der Waals surface area (Å²) < 4.78 is 0. The van der Waals surface area contributed by atoms with Gasteiger partial charge in [-0.25, -0.2) is 5.43 Å². The van der Waals surface area contributed by atoms with E-state index in [2.05, 4.69) is 10.5 Å². The summed E-state index contributed by atoms with van der Waals surface area (Å²) in [6, 6.07) is 10.3. The van der Waals surface area contributed by atoms with Gasteiger partial charge in [-0.15, -0.1) is 0 Å². The first-order valence-electron chi connectivity index (χ1n) is 6.00. The van der Waals surface area contributed by atoms with Crippen LogP contribution in [0.1, 0.15) is 15.9 Å². The molecule has 22 heavy (non-hydrogen) atoms. The first kappa shape index (κ1) is 15.9. The van der Waals surface area contributed by atoms with Crippen molar-refractivity contribution in [2.45, 2.75) is 0 Å². The van der Waals surface area contributed by atoms with Gasteiger partial charge in [0.1, 0.15) is 0 Å². The van der Waals surface area contributed by atoms with E-state index in [0.29, 0.717) is 10.6 Å². The molecule has 1 N–H and O–H groups in total. The lowest BCUT2D eigenvalue weighted by Gasteiger charge is -2.02. The van der Waals surface area contributed by atoms with E-state index in [1.54, 1.807) is 6.07 Å². The SMILES string of the molecule is O=C(N/N=C\c1cccc([N+](=O)[O-])c1)c1ccc(Cl)cc1Cl. The second-order valence-corrected chi connectivity index (χ2v) is 5.02. The van der Waals surface area contributed by atoms with Crippen molar-refractivity contribution in [3.05, 3.63) is 73.8 Å². The molecule has 0 aliphatic heterocycles. The maximum absolute atomic E-state index is 11.9. The molecule has 0 heterocycles. The predicted octanol–water partition coefficient (Wildman–Crippen LogP) is 3.67. The van der Waals surface area contributed by atoms with Gasteiger partial charge in [0.15, 0.2) is 0 Å². The highest BCUT2D eigenvalue weighted by molar-refractivity contribution is 6.36. The number of benzene rings is 2. The second-order valence-electron chi connectivity index (χ2n) is 4.18. The average molecular weight is 338 g/mol. The third-order valence-corrected chi connectivity index (χ3v) is 3.18. The number of rotatable bonds is 4. The van der Waals surface area contributed by atoms with E-state index in [1.807, 2.05) is 0 Å². The summed E-state index contributed by atoms with van der Waals surface area (Å²) in [5.74, 6) is -0.511. The van der Waals surface area contributed by atoms with Gasteiger partial charge < -0.3 is 0 Å². The summed E-state index contributed by atoms with van der Waals surface area (Å²) >= 11 is 11.6. The van der Waals surface area contributed by atoms with Gasteiger partial charge in [0.25, 0.3) is 11.6 Å². The molecule has 0 radical (unpaired) electrons. The highest BCUT2D eigenvalue weighted by Gasteiger charge is 2.09. The topological polar surface area (TPSA) is 84.6 Å². The van der Waals surface area contributed by atoms with Gasteiger partial charge in [-0.05, 0) is 18.2 Å². The molecule has 0 spiro atoms. The standard InChI is InChI=1S/C14H9Cl2N3O3/c15-10-4-5-12(13(16)7-10)14(20)18-17-8-9-2-1-3-11(6-9)19(21)22/h1-8H,(H,18,20)/b17-8-. The fourth-order valence-electron chi connectivity index (χ4n) is 1.62. The molecular weight excluding hydrogens is 329 g/mol. The van der Waals surface area contributed by atoms with Gasteiger partial charge in [0.05, 0.1) is 21.7 Å². The summed E-state index contributed by atoms with van der Waals surface area (Å²) in [6.07, 6.45) is 1.30. The minimum atomic E-state index is -0.511. The van der Waals surface area contributed by atoms with E-state index in [0.717, 1.165) is 0 Å². The summed E-state index contributed by atoms with van der Waals surface area (Å²) in [7, 11) is 0. The molecule has 1 amide bonds. The molecule has 0 aliphatic carbocycles. The van der Waals surface area contributed by atoms with E-state index in [1.165, 1.54) is 42.6 Å². The third-order valence-electron chi connectivity index (χ3n) is 2.64. The monoisotopic (exact) mass is 337 g/mol. The van der Waals surface area contributed by atoms with Crippen molar-refractivity contribution in [3.63, 3.8) is 0 Å². The van der Waals surface area contributed by atoms with E-state index in [9.17, 15) is 14.9 Å². The number of nitrogens with zero attached hydrogens (tertiary/aromatic N) is 2. The van der Waals surface area contributed by atoms with E-state index >= 15 is 0 Å². The smallest absolute Gasteiger partial charge is 0.267 e. The van der Waals surface area contributed by atoms with Gasteiger partial charge in [0.2, 0.25) is 0 Å². The van der Waals surface area contributed by atoms with Crippen molar-refractivity contribution in [3.8, 4) is 0 Å². The van der Waals surface area contributed by atoms with Crippen molar-refractivity contribution in [2.24, 2.45) is 5.10 Å². The Morgan fingerprint density at radius 1 is 1.23 bits per heavy atom. The predicted molar refractivity (Wildman–Crippen MR) is 84.6 cm³/mol. The molecular formula is C14H9Cl2N3O3. The minimum absolute atomic E-state index is 0.0592. The third kappa shape index (κ3) is 4.03. The lowest BCUT2D eigenvalue weighted by molar-refractivity contribution is -0.384. The molecule has 112 valence electrons. The first-order valence-corrected chi connectivity index (χ1v) is 6.76. The maximum Gasteiger partial charge on any atom is 0.272 e. The Morgan fingerprint density at radius 3 is 2.68 bits per heavy atom. The van der Waals surface area contributed by atoms with Crippen LogP contribution in [-0.4, -0.2) is 17.0 Å². The zero-order valence-corrected chi connectivity index (χ0v) is 12.5. The lowest BCUT2D eigenvalue weighted by atomic mass is 10.2. The Bertz CT molecular complexity index is 763. The molecule has 0 bridgehead atoms. The maximum atomic E-state index is 11.9. The molecule has 0 saturated carbocycles. The largest absolute Gasteiger partial charge is 0.272 e. The molecule has 0 aliphatic rings. The highest BCUT2D eigenvalue weighted by atomic mass is 35.5. The number of hydrazone groups is 1. The molecule has 0 fully saturated rings. The van der Waals surface area contributed by atoms with Gasteiger partial charge >= 0.3 is 0 Å². The van der Waals surface area contributed by atoms with Crippen LogP contribution in [-0.2, 0) is 0 Å². The number of carbonyl (C=O) groups is 1. The van der Waals surface area contributed by atoms with Gasteiger partial charge in [-0.3, -0.25) is 14.9 Å².